The third-order valence-electron chi connectivity index (χ3n) is 3.35. The number of thioether (sulfide) groups is 1. The average molecular weight is 201 g/mol. The molecule has 0 spiro atoms. The molecule has 0 aromatic carbocycles. The van der Waals surface area contributed by atoms with Gasteiger partial charge in [-0.15, -0.1) is 0 Å². The summed E-state index contributed by atoms with van der Waals surface area (Å²) in [6.07, 6.45) is 7.96. The summed E-state index contributed by atoms with van der Waals surface area (Å²) in [5.41, 5.74) is 0. The number of hydrogen-bond donors (Lipinski definition) is 1. The molecule has 1 N–H and O–H groups in total. The molecule has 1 saturated carbocycles. The summed E-state index contributed by atoms with van der Waals surface area (Å²) in [7, 11) is 2.11. The van der Waals surface area contributed by atoms with Gasteiger partial charge in [0, 0.05) is 11.8 Å². The zero-order valence-electron chi connectivity index (χ0n) is 9.18. The van der Waals surface area contributed by atoms with Gasteiger partial charge in [0.2, 0.25) is 0 Å². The van der Waals surface area contributed by atoms with Gasteiger partial charge in [0.25, 0.3) is 0 Å². The minimum absolute atomic E-state index is 0.752. The van der Waals surface area contributed by atoms with Gasteiger partial charge in [-0.05, 0) is 38.0 Å². The van der Waals surface area contributed by atoms with Crippen molar-refractivity contribution in [3.63, 3.8) is 0 Å². The van der Waals surface area contributed by atoms with Crippen LogP contribution in [-0.2, 0) is 0 Å². The fraction of sp³-hybridized carbons (Fsp3) is 1.00. The van der Waals surface area contributed by atoms with Crippen molar-refractivity contribution in [1.82, 2.24) is 5.32 Å². The van der Waals surface area contributed by atoms with Crippen molar-refractivity contribution < 1.29 is 0 Å². The zero-order chi connectivity index (χ0) is 9.68. The van der Waals surface area contributed by atoms with Crippen molar-refractivity contribution in [1.29, 1.82) is 0 Å². The monoisotopic (exact) mass is 201 g/mol. The van der Waals surface area contributed by atoms with E-state index in [0.717, 1.165) is 17.9 Å². The molecule has 13 heavy (non-hydrogen) atoms. The lowest BCUT2D eigenvalue weighted by molar-refractivity contribution is 0.248. The average Bonchev–Trinajstić information content (AvgIpc) is 2.16. The maximum absolute atomic E-state index is 3.47. The Morgan fingerprint density at radius 3 is 2.38 bits per heavy atom. The van der Waals surface area contributed by atoms with E-state index >= 15 is 0 Å². The first-order valence-electron chi connectivity index (χ1n) is 5.44. The highest BCUT2D eigenvalue weighted by atomic mass is 32.2. The van der Waals surface area contributed by atoms with Crippen LogP contribution in [0.15, 0.2) is 0 Å². The van der Waals surface area contributed by atoms with Gasteiger partial charge < -0.3 is 5.32 Å². The summed E-state index contributed by atoms with van der Waals surface area (Å²) >= 11 is 1.97. The second-order valence-electron chi connectivity index (χ2n) is 4.37. The molecule has 1 rings (SSSR count). The van der Waals surface area contributed by atoms with Crippen molar-refractivity contribution in [2.75, 3.05) is 19.1 Å². The first-order chi connectivity index (χ1) is 6.27. The van der Waals surface area contributed by atoms with Crippen LogP contribution < -0.4 is 5.32 Å². The third-order valence-corrected chi connectivity index (χ3v) is 4.04. The van der Waals surface area contributed by atoms with E-state index in [1.54, 1.807) is 0 Å². The fourth-order valence-corrected chi connectivity index (χ4v) is 3.12. The Bertz CT molecular complexity index is 130. The van der Waals surface area contributed by atoms with E-state index < -0.39 is 0 Å². The van der Waals surface area contributed by atoms with Gasteiger partial charge in [0.15, 0.2) is 0 Å². The Morgan fingerprint density at radius 1 is 1.31 bits per heavy atom. The Morgan fingerprint density at radius 2 is 1.92 bits per heavy atom. The SMILES string of the molecule is CNC(CSC)C1CCC(C)CC1. The molecular formula is C11H23NS. The predicted octanol–water partition coefficient (Wildman–Crippen LogP) is 2.76. The molecule has 78 valence electrons. The van der Waals surface area contributed by atoms with E-state index in [1.165, 1.54) is 31.4 Å². The number of nitrogens with one attached hydrogen (secondary N) is 1. The van der Waals surface area contributed by atoms with Gasteiger partial charge in [-0.1, -0.05) is 19.8 Å². The number of rotatable bonds is 4. The maximum atomic E-state index is 3.47. The van der Waals surface area contributed by atoms with Gasteiger partial charge in [0.1, 0.15) is 0 Å². The van der Waals surface area contributed by atoms with Crippen molar-refractivity contribution in [2.24, 2.45) is 11.8 Å². The van der Waals surface area contributed by atoms with Gasteiger partial charge in [-0.25, -0.2) is 0 Å². The van der Waals surface area contributed by atoms with Crippen molar-refractivity contribution in [3.8, 4) is 0 Å². The maximum Gasteiger partial charge on any atom is 0.0183 e. The first-order valence-corrected chi connectivity index (χ1v) is 6.83. The van der Waals surface area contributed by atoms with E-state index in [2.05, 4.69) is 25.5 Å². The molecular weight excluding hydrogens is 178 g/mol. The highest BCUT2D eigenvalue weighted by molar-refractivity contribution is 7.98. The molecule has 0 radical (unpaired) electrons. The van der Waals surface area contributed by atoms with E-state index in [9.17, 15) is 0 Å². The van der Waals surface area contributed by atoms with E-state index in [-0.39, 0.29) is 0 Å². The molecule has 1 aliphatic rings. The van der Waals surface area contributed by atoms with Crippen molar-refractivity contribution >= 4 is 11.8 Å². The molecule has 0 aliphatic heterocycles. The van der Waals surface area contributed by atoms with Crippen LogP contribution in [0.4, 0.5) is 0 Å². The molecule has 0 aromatic heterocycles. The molecule has 0 amide bonds. The van der Waals surface area contributed by atoms with E-state index in [0.29, 0.717) is 0 Å². The van der Waals surface area contributed by atoms with Crippen LogP contribution in [0.25, 0.3) is 0 Å². The van der Waals surface area contributed by atoms with Crippen LogP contribution in [0.2, 0.25) is 0 Å². The lowest BCUT2D eigenvalue weighted by Crippen LogP contribution is -2.37. The molecule has 2 heteroatoms. The molecule has 1 aliphatic carbocycles. The van der Waals surface area contributed by atoms with E-state index in [4.69, 9.17) is 0 Å². The van der Waals surface area contributed by atoms with Gasteiger partial charge in [0.05, 0.1) is 0 Å². The zero-order valence-corrected chi connectivity index (χ0v) is 9.99. The molecule has 0 bridgehead atoms. The van der Waals surface area contributed by atoms with Crippen LogP contribution >= 0.6 is 11.8 Å². The lowest BCUT2D eigenvalue weighted by atomic mass is 9.80. The first kappa shape index (κ1) is 11.4. The van der Waals surface area contributed by atoms with Crippen LogP contribution in [0.1, 0.15) is 32.6 Å². The Labute approximate surface area is 87.1 Å². The second-order valence-corrected chi connectivity index (χ2v) is 5.28. The van der Waals surface area contributed by atoms with Gasteiger partial charge in [-0.3, -0.25) is 0 Å². The Hall–Kier alpha value is 0.310. The van der Waals surface area contributed by atoms with Crippen LogP contribution in [0, 0.1) is 11.8 Å². The minimum Gasteiger partial charge on any atom is -0.316 e. The minimum atomic E-state index is 0.752. The van der Waals surface area contributed by atoms with Crippen molar-refractivity contribution in [2.45, 2.75) is 38.6 Å². The molecule has 1 nitrogen and oxygen atoms in total. The smallest absolute Gasteiger partial charge is 0.0183 e. The summed E-state index contributed by atoms with van der Waals surface area (Å²) in [6.45, 7) is 2.39. The molecule has 1 atom stereocenters. The second kappa shape index (κ2) is 5.92. The molecule has 0 heterocycles. The Balaban J connectivity index is 2.32. The van der Waals surface area contributed by atoms with Crippen LogP contribution in [-0.4, -0.2) is 25.1 Å². The molecule has 1 fully saturated rings. The normalized spacial score (nSPS) is 31.6. The van der Waals surface area contributed by atoms with Crippen LogP contribution in [0.5, 0.6) is 0 Å². The largest absolute Gasteiger partial charge is 0.316 e. The topological polar surface area (TPSA) is 12.0 Å². The molecule has 1 unspecified atom stereocenters. The summed E-state index contributed by atoms with van der Waals surface area (Å²) in [4.78, 5) is 0. The standard InChI is InChI=1S/C11H23NS/c1-9-4-6-10(7-5-9)11(12-2)8-13-3/h9-12H,4-8H2,1-3H3. The number of hydrogen-bond acceptors (Lipinski definition) is 2. The quantitative estimate of drug-likeness (QED) is 0.750. The summed E-state index contributed by atoms with van der Waals surface area (Å²) in [6, 6.07) is 0.752. The van der Waals surface area contributed by atoms with Gasteiger partial charge in [-0.2, -0.15) is 11.8 Å². The fourth-order valence-electron chi connectivity index (χ4n) is 2.32. The summed E-state index contributed by atoms with van der Waals surface area (Å²) < 4.78 is 0. The van der Waals surface area contributed by atoms with Crippen LogP contribution in [0.3, 0.4) is 0 Å². The lowest BCUT2D eigenvalue weighted by Gasteiger charge is -2.32. The summed E-state index contributed by atoms with van der Waals surface area (Å²) in [5.74, 6) is 3.19. The Kier molecular flexibility index (Phi) is 5.18. The summed E-state index contributed by atoms with van der Waals surface area (Å²) in [5, 5.41) is 3.47. The molecule has 0 saturated heterocycles. The highest BCUT2D eigenvalue weighted by Crippen LogP contribution is 2.31. The third kappa shape index (κ3) is 3.51. The highest BCUT2D eigenvalue weighted by Gasteiger charge is 2.24. The van der Waals surface area contributed by atoms with Crippen molar-refractivity contribution in [3.05, 3.63) is 0 Å². The predicted molar refractivity (Wildman–Crippen MR) is 62.4 cm³/mol. The van der Waals surface area contributed by atoms with E-state index in [1.807, 2.05) is 11.8 Å². The molecule has 0 aromatic rings. The van der Waals surface area contributed by atoms with Gasteiger partial charge >= 0.3 is 0 Å².